The number of hydrogen-bond donors (Lipinski definition) is 2. The fraction of sp³-hybridized carbons (Fsp3) is 0.400. The molecule has 1 aromatic heterocycles. The van der Waals surface area contributed by atoms with Crippen molar-refractivity contribution in [3.8, 4) is 0 Å². The van der Waals surface area contributed by atoms with Crippen LogP contribution in [0.4, 0.5) is 0 Å². The van der Waals surface area contributed by atoms with Crippen molar-refractivity contribution in [2.45, 2.75) is 33.2 Å². The maximum Gasteiger partial charge on any atom is 0.335 e. The molecule has 0 atom stereocenters. The molecule has 0 aliphatic rings. The zero-order valence-corrected chi connectivity index (χ0v) is 11.4. The maximum absolute atomic E-state index is 11.2. The zero-order valence-electron chi connectivity index (χ0n) is 11.4. The Morgan fingerprint density at radius 3 is 2.74 bits per heavy atom. The number of carbonyl (C=O) groups is 1. The standard InChI is InChI=1S/C15H20N2O2/c1-3-6-17-9-11(4-5-16)13-8-12(15(18)19)10(2)7-14(13)17/h7-9H,3-6,16H2,1-2H3,(H,18,19). The van der Waals surface area contributed by atoms with Gasteiger partial charge in [0.05, 0.1) is 5.56 Å². The second kappa shape index (κ2) is 5.45. The molecule has 4 heteroatoms. The summed E-state index contributed by atoms with van der Waals surface area (Å²) in [6.45, 7) is 5.48. The van der Waals surface area contributed by atoms with Crippen molar-refractivity contribution in [2.75, 3.05) is 6.54 Å². The van der Waals surface area contributed by atoms with Crippen LogP contribution in [0, 0.1) is 6.92 Å². The first-order valence-corrected chi connectivity index (χ1v) is 6.64. The monoisotopic (exact) mass is 260 g/mol. The first-order chi connectivity index (χ1) is 9.08. The van der Waals surface area contributed by atoms with E-state index in [-0.39, 0.29) is 0 Å². The first-order valence-electron chi connectivity index (χ1n) is 6.64. The number of carboxylic acids is 1. The summed E-state index contributed by atoms with van der Waals surface area (Å²) in [6.07, 6.45) is 3.92. The van der Waals surface area contributed by atoms with Crippen molar-refractivity contribution >= 4 is 16.9 Å². The molecular weight excluding hydrogens is 240 g/mol. The van der Waals surface area contributed by atoms with Crippen LogP contribution in [0.1, 0.15) is 34.8 Å². The lowest BCUT2D eigenvalue weighted by Crippen LogP contribution is -2.03. The Morgan fingerprint density at radius 1 is 1.42 bits per heavy atom. The van der Waals surface area contributed by atoms with Crippen LogP contribution in [0.5, 0.6) is 0 Å². The number of aromatic carboxylic acids is 1. The highest BCUT2D eigenvalue weighted by Gasteiger charge is 2.14. The Morgan fingerprint density at radius 2 is 2.16 bits per heavy atom. The van der Waals surface area contributed by atoms with E-state index in [0.29, 0.717) is 12.1 Å². The molecule has 0 saturated heterocycles. The molecule has 1 aromatic carbocycles. The third-order valence-electron chi connectivity index (χ3n) is 3.42. The lowest BCUT2D eigenvalue weighted by molar-refractivity contribution is 0.0696. The maximum atomic E-state index is 11.2. The molecule has 2 rings (SSSR count). The predicted molar refractivity (Wildman–Crippen MR) is 76.7 cm³/mol. The van der Waals surface area contributed by atoms with E-state index < -0.39 is 5.97 Å². The van der Waals surface area contributed by atoms with Crippen LogP contribution >= 0.6 is 0 Å². The van der Waals surface area contributed by atoms with Crippen molar-refractivity contribution in [1.29, 1.82) is 0 Å². The van der Waals surface area contributed by atoms with Gasteiger partial charge in [-0.2, -0.15) is 0 Å². The van der Waals surface area contributed by atoms with Gasteiger partial charge in [-0.15, -0.1) is 0 Å². The molecule has 0 fully saturated rings. The van der Waals surface area contributed by atoms with Gasteiger partial charge in [0.15, 0.2) is 0 Å². The average molecular weight is 260 g/mol. The molecule has 0 aliphatic carbocycles. The van der Waals surface area contributed by atoms with Crippen LogP contribution in [0.2, 0.25) is 0 Å². The Labute approximate surface area is 112 Å². The first kappa shape index (κ1) is 13.6. The van der Waals surface area contributed by atoms with Crippen molar-refractivity contribution in [3.05, 3.63) is 35.0 Å². The fourth-order valence-corrected chi connectivity index (χ4v) is 2.53. The van der Waals surface area contributed by atoms with Gasteiger partial charge in [0, 0.05) is 23.6 Å². The molecule has 102 valence electrons. The minimum absolute atomic E-state index is 0.375. The third-order valence-corrected chi connectivity index (χ3v) is 3.42. The summed E-state index contributed by atoms with van der Waals surface area (Å²) < 4.78 is 2.19. The molecule has 0 radical (unpaired) electrons. The Bertz CT molecular complexity index is 614. The van der Waals surface area contributed by atoms with Crippen LogP contribution < -0.4 is 5.73 Å². The number of aryl methyl sites for hydroxylation is 2. The number of hydrogen-bond acceptors (Lipinski definition) is 2. The van der Waals surface area contributed by atoms with Crippen molar-refractivity contribution in [1.82, 2.24) is 4.57 Å². The molecule has 19 heavy (non-hydrogen) atoms. The molecule has 1 heterocycles. The number of benzene rings is 1. The van der Waals surface area contributed by atoms with E-state index in [2.05, 4.69) is 17.7 Å². The highest BCUT2D eigenvalue weighted by Crippen LogP contribution is 2.26. The van der Waals surface area contributed by atoms with Gasteiger partial charge in [0.25, 0.3) is 0 Å². The topological polar surface area (TPSA) is 68.2 Å². The molecule has 2 aromatic rings. The van der Waals surface area contributed by atoms with Gasteiger partial charge in [-0.05, 0) is 49.6 Å². The van der Waals surface area contributed by atoms with E-state index in [1.54, 1.807) is 6.07 Å². The quantitative estimate of drug-likeness (QED) is 0.868. The lowest BCUT2D eigenvalue weighted by atomic mass is 10.0. The Balaban J connectivity index is 2.68. The highest BCUT2D eigenvalue weighted by molar-refractivity contribution is 5.96. The summed E-state index contributed by atoms with van der Waals surface area (Å²) in [5.41, 5.74) is 9.05. The van der Waals surface area contributed by atoms with Gasteiger partial charge < -0.3 is 15.4 Å². The Hall–Kier alpha value is -1.81. The molecule has 4 nitrogen and oxygen atoms in total. The van der Waals surface area contributed by atoms with Gasteiger partial charge in [-0.1, -0.05) is 6.92 Å². The number of nitrogens with zero attached hydrogens (tertiary/aromatic N) is 1. The summed E-state index contributed by atoms with van der Waals surface area (Å²) in [4.78, 5) is 11.2. The number of aromatic nitrogens is 1. The third kappa shape index (κ3) is 2.49. The van der Waals surface area contributed by atoms with E-state index in [9.17, 15) is 9.90 Å². The molecule has 0 unspecified atom stereocenters. The van der Waals surface area contributed by atoms with Crippen molar-refractivity contribution in [3.63, 3.8) is 0 Å². The number of nitrogens with two attached hydrogens (primary N) is 1. The molecule has 0 spiro atoms. The number of fused-ring (bicyclic) bond motifs is 1. The minimum Gasteiger partial charge on any atom is -0.478 e. The van der Waals surface area contributed by atoms with E-state index in [1.165, 1.54) is 0 Å². The number of carboxylic acid groups (broad SMARTS) is 1. The second-order valence-corrected chi connectivity index (χ2v) is 4.88. The smallest absolute Gasteiger partial charge is 0.335 e. The fourth-order valence-electron chi connectivity index (χ4n) is 2.53. The SMILES string of the molecule is CCCn1cc(CCN)c2cc(C(=O)O)c(C)cc21. The molecular formula is C15H20N2O2. The second-order valence-electron chi connectivity index (χ2n) is 4.88. The van der Waals surface area contributed by atoms with E-state index in [0.717, 1.165) is 41.4 Å². The lowest BCUT2D eigenvalue weighted by Gasteiger charge is -2.06. The molecule has 0 aliphatic heterocycles. The van der Waals surface area contributed by atoms with Gasteiger partial charge in [0.1, 0.15) is 0 Å². The van der Waals surface area contributed by atoms with Crippen LogP contribution in [0.15, 0.2) is 18.3 Å². The van der Waals surface area contributed by atoms with E-state index in [1.807, 2.05) is 13.0 Å². The molecule has 0 saturated carbocycles. The summed E-state index contributed by atoms with van der Waals surface area (Å²) in [6, 6.07) is 3.75. The summed E-state index contributed by atoms with van der Waals surface area (Å²) in [5, 5.41) is 10.2. The zero-order chi connectivity index (χ0) is 14.0. The molecule has 0 bridgehead atoms. The van der Waals surface area contributed by atoms with Gasteiger partial charge in [-0.25, -0.2) is 4.79 Å². The minimum atomic E-state index is -0.874. The van der Waals surface area contributed by atoms with Crippen LogP contribution in [-0.2, 0) is 13.0 Å². The Kier molecular flexibility index (Phi) is 3.90. The summed E-state index contributed by atoms with van der Waals surface area (Å²) in [5.74, 6) is -0.874. The van der Waals surface area contributed by atoms with Gasteiger partial charge in [-0.3, -0.25) is 0 Å². The van der Waals surface area contributed by atoms with E-state index >= 15 is 0 Å². The predicted octanol–water partition coefficient (Wildman–Crippen LogP) is 2.56. The van der Waals surface area contributed by atoms with Crippen LogP contribution in [0.25, 0.3) is 10.9 Å². The van der Waals surface area contributed by atoms with E-state index in [4.69, 9.17) is 5.73 Å². The van der Waals surface area contributed by atoms with Crippen molar-refractivity contribution in [2.24, 2.45) is 5.73 Å². The largest absolute Gasteiger partial charge is 0.478 e. The normalized spacial score (nSPS) is 11.1. The van der Waals surface area contributed by atoms with Gasteiger partial charge >= 0.3 is 5.97 Å². The highest BCUT2D eigenvalue weighted by atomic mass is 16.4. The number of rotatable bonds is 5. The van der Waals surface area contributed by atoms with Crippen LogP contribution in [-0.4, -0.2) is 22.2 Å². The molecule has 3 N–H and O–H groups in total. The summed E-state index contributed by atoms with van der Waals surface area (Å²) >= 11 is 0. The van der Waals surface area contributed by atoms with Gasteiger partial charge in [0.2, 0.25) is 0 Å². The average Bonchev–Trinajstić information content (AvgIpc) is 2.67. The molecule has 0 amide bonds. The van der Waals surface area contributed by atoms with Crippen LogP contribution in [0.3, 0.4) is 0 Å². The summed E-state index contributed by atoms with van der Waals surface area (Å²) in [7, 11) is 0. The van der Waals surface area contributed by atoms with Crippen molar-refractivity contribution < 1.29 is 9.90 Å².